The van der Waals surface area contributed by atoms with E-state index >= 15 is 0 Å². The van der Waals surface area contributed by atoms with Gasteiger partial charge in [0.2, 0.25) is 17.6 Å². The number of rotatable bonds is 9. The normalized spacial score (nSPS) is 16.1. The Morgan fingerprint density at radius 2 is 1.94 bits per heavy atom. The highest BCUT2D eigenvalue weighted by Crippen LogP contribution is 2.30. The Morgan fingerprint density at radius 1 is 1.12 bits per heavy atom. The molecule has 0 bridgehead atoms. The first kappa shape index (κ1) is 21.9. The molecular weight excluding hydrogens is 406 g/mol. The predicted molar refractivity (Wildman–Crippen MR) is 120 cm³/mol. The molecule has 0 saturated carbocycles. The second-order valence-corrected chi connectivity index (χ2v) is 8.44. The van der Waals surface area contributed by atoms with Gasteiger partial charge in [-0.2, -0.15) is 4.98 Å². The first-order chi connectivity index (χ1) is 15.5. The molecule has 3 aromatic rings. The summed E-state index contributed by atoms with van der Waals surface area (Å²) in [6.45, 7) is 8.56. The molecule has 0 spiro atoms. The largest absolute Gasteiger partial charge is 0.494 e. The lowest BCUT2D eigenvalue weighted by Gasteiger charge is -2.16. The lowest BCUT2D eigenvalue weighted by molar-refractivity contribution is -0.128. The number of amides is 1. The summed E-state index contributed by atoms with van der Waals surface area (Å²) < 4.78 is 16.8. The molecule has 1 amide bonds. The van der Waals surface area contributed by atoms with E-state index in [0.29, 0.717) is 50.4 Å². The first-order valence-electron chi connectivity index (χ1n) is 11.1. The average Bonchev–Trinajstić information content (AvgIpc) is 3.41. The molecule has 32 heavy (non-hydrogen) atoms. The zero-order chi connectivity index (χ0) is 22.5. The van der Waals surface area contributed by atoms with E-state index in [1.165, 1.54) is 0 Å². The Labute approximate surface area is 188 Å². The fourth-order valence-corrected chi connectivity index (χ4v) is 3.69. The molecule has 1 atom stereocenters. The van der Waals surface area contributed by atoms with Crippen LogP contribution in [0.15, 0.2) is 53.1 Å². The van der Waals surface area contributed by atoms with Crippen molar-refractivity contribution in [2.24, 2.45) is 5.92 Å². The lowest BCUT2D eigenvalue weighted by atomic mass is 10.1. The number of benzene rings is 2. The lowest BCUT2D eigenvalue weighted by Crippen LogP contribution is -2.24. The minimum atomic E-state index is -0.104. The highest BCUT2D eigenvalue weighted by atomic mass is 16.5. The van der Waals surface area contributed by atoms with Crippen LogP contribution < -0.4 is 9.47 Å². The smallest absolute Gasteiger partial charge is 0.232 e. The summed E-state index contributed by atoms with van der Waals surface area (Å²) in [4.78, 5) is 19.0. The first-order valence-corrected chi connectivity index (χ1v) is 11.1. The van der Waals surface area contributed by atoms with E-state index in [2.05, 4.69) is 24.0 Å². The number of carbonyl (C=O) groups excluding carboxylic acids is 1. The van der Waals surface area contributed by atoms with E-state index in [9.17, 15) is 4.79 Å². The molecule has 0 aliphatic carbocycles. The molecular formula is C25H29N3O4. The maximum Gasteiger partial charge on any atom is 0.232 e. The third-order valence-corrected chi connectivity index (χ3v) is 5.28. The van der Waals surface area contributed by atoms with Crippen molar-refractivity contribution in [1.29, 1.82) is 0 Å². The van der Waals surface area contributed by atoms with Crippen LogP contribution in [0.25, 0.3) is 11.4 Å². The van der Waals surface area contributed by atoms with Gasteiger partial charge in [-0.05, 0) is 54.8 Å². The summed E-state index contributed by atoms with van der Waals surface area (Å²) in [5.41, 5.74) is 1.89. The summed E-state index contributed by atoms with van der Waals surface area (Å²) in [6.07, 6.45) is 0.370. The zero-order valence-electron chi connectivity index (χ0n) is 18.8. The Balaban J connectivity index is 1.39. The molecule has 7 nitrogen and oxygen atoms in total. The van der Waals surface area contributed by atoms with Crippen molar-refractivity contribution in [2.75, 3.05) is 19.8 Å². The standard InChI is InChI=1S/C25H29N3O4/c1-4-30-22-7-5-6-18(12-22)14-28-15-20(13-23(28)29)25-26-24(27-32-25)19-8-10-21(11-9-19)31-16-17(2)3/h5-12,17,20H,4,13-16H2,1-3H3. The summed E-state index contributed by atoms with van der Waals surface area (Å²) >= 11 is 0. The fraction of sp³-hybridized carbons (Fsp3) is 0.400. The van der Waals surface area contributed by atoms with E-state index in [-0.39, 0.29) is 11.8 Å². The number of carbonyl (C=O) groups is 1. The molecule has 2 aromatic carbocycles. The van der Waals surface area contributed by atoms with Gasteiger partial charge in [0.05, 0.1) is 19.1 Å². The molecule has 4 rings (SSSR count). The van der Waals surface area contributed by atoms with E-state index in [4.69, 9.17) is 14.0 Å². The summed E-state index contributed by atoms with van der Waals surface area (Å²) in [5.74, 6) is 3.10. The van der Waals surface area contributed by atoms with E-state index in [0.717, 1.165) is 22.6 Å². The highest BCUT2D eigenvalue weighted by molar-refractivity contribution is 5.79. The molecule has 7 heteroatoms. The van der Waals surface area contributed by atoms with Crippen LogP contribution >= 0.6 is 0 Å². The Morgan fingerprint density at radius 3 is 2.69 bits per heavy atom. The van der Waals surface area contributed by atoms with Crippen LogP contribution in [-0.2, 0) is 11.3 Å². The highest BCUT2D eigenvalue weighted by Gasteiger charge is 2.34. The minimum Gasteiger partial charge on any atom is -0.494 e. The van der Waals surface area contributed by atoms with Gasteiger partial charge in [0.15, 0.2) is 0 Å². The van der Waals surface area contributed by atoms with Crippen molar-refractivity contribution in [3.63, 3.8) is 0 Å². The van der Waals surface area contributed by atoms with Gasteiger partial charge in [0.1, 0.15) is 11.5 Å². The van der Waals surface area contributed by atoms with E-state index < -0.39 is 0 Å². The van der Waals surface area contributed by atoms with Gasteiger partial charge in [-0.25, -0.2) is 0 Å². The van der Waals surface area contributed by atoms with Gasteiger partial charge in [-0.1, -0.05) is 31.1 Å². The monoisotopic (exact) mass is 435 g/mol. The predicted octanol–water partition coefficient (Wildman–Crippen LogP) is 4.69. The zero-order valence-corrected chi connectivity index (χ0v) is 18.8. The van der Waals surface area contributed by atoms with Gasteiger partial charge >= 0.3 is 0 Å². The fourth-order valence-electron chi connectivity index (χ4n) is 3.69. The Hall–Kier alpha value is -3.35. The third-order valence-electron chi connectivity index (χ3n) is 5.28. The number of aromatic nitrogens is 2. The molecule has 1 fully saturated rings. The summed E-state index contributed by atoms with van der Waals surface area (Å²) in [6, 6.07) is 15.5. The summed E-state index contributed by atoms with van der Waals surface area (Å²) in [5, 5.41) is 4.13. The van der Waals surface area contributed by atoms with Gasteiger partial charge in [0, 0.05) is 25.1 Å². The summed E-state index contributed by atoms with van der Waals surface area (Å²) in [7, 11) is 0. The molecule has 1 saturated heterocycles. The maximum atomic E-state index is 12.6. The molecule has 0 radical (unpaired) electrons. The molecule has 168 valence electrons. The van der Waals surface area contributed by atoms with Gasteiger partial charge < -0.3 is 18.9 Å². The number of likely N-dealkylation sites (tertiary alicyclic amines) is 1. The van der Waals surface area contributed by atoms with Crippen LogP contribution in [0.5, 0.6) is 11.5 Å². The molecule has 2 heterocycles. The minimum absolute atomic E-state index is 0.0863. The molecule has 0 N–H and O–H groups in total. The van der Waals surface area contributed by atoms with Crippen LogP contribution in [0.2, 0.25) is 0 Å². The van der Waals surface area contributed by atoms with Gasteiger partial charge in [0.25, 0.3) is 0 Å². The van der Waals surface area contributed by atoms with Gasteiger partial charge in [-0.15, -0.1) is 0 Å². The number of nitrogens with zero attached hydrogens (tertiary/aromatic N) is 3. The Bertz CT molecular complexity index is 1050. The maximum absolute atomic E-state index is 12.6. The second-order valence-electron chi connectivity index (χ2n) is 8.44. The van der Waals surface area contributed by atoms with Crippen molar-refractivity contribution in [3.05, 3.63) is 60.0 Å². The van der Waals surface area contributed by atoms with Crippen molar-refractivity contribution in [3.8, 4) is 22.9 Å². The van der Waals surface area contributed by atoms with Crippen molar-refractivity contribution < 1.29 is 18.8 Å². The van der Waals surface area contributed by atoms with Crippen molar-refractivity contribution in [1.82, 2.24) is 15.0 Å². The second kappa shape index (κ2) is 9.85. The number of hydrogen-bond acceptors (Lipinski definition) is 6. The van der Waals surface area contributed by atoms with Crippen LogP contribution in [0.3, 0.4) is 0 Å². The molecule has 1 aliphatic rings. The SMILES string of the molecule is CCOc1cccc(CN2CC(c3nc(-c4ccc(OCC(C)C)cc4)no3)CC2=O)c1. The van der Waals surface area contributed by atoms with E-state index in [1.807, 2.05) is 60.4 Å². The molecule has 1 aliphatic heterocycles. The molecule has 1 unspecified atom stereocenters. The average molecular weight is 436 g/mol. The molecule has 1 aromatic heterocycles. The number of hydrogen-bond donors (Lipinski definition) is 0. The topological polar surface area (TPSA) is 77.7 Å². The van der Waals surface area contributed by atoms with Gasteiger partial charge in [-0.3, -0.25) is 4.79 Å². The third kappa shape index (κ3) is 5.28. The van der Waals surface area contributed by atoms with Crippen molar-refractivity contribution in [2.45, 2.75) is 39.7 Å². The van der Waals surface area contributed by atoms with E-state index in [1.54, 1.807) is 0 Å². The number of ether oxygens (including phenoxy) is 2. The van der Waals surface area contributed by atoms with Crippen LogP contribution in [0.1, 0.15) is 44.6 Å². The van der Waals surface area contributed by atoms with Crippen LogP contribution in [-0.4, -0.2) is 40.7 Å². The Kier molecular flexibility index (Phi) is 6.73. The quantitative estimate of drug-likeness (QED) is 0.485. The van der Waals surface area contributed by atoms with Crippen LogP contribution in [0, 0.1) is 5.92 Å². The van der Waals surface area contributed by atoms with Crippen LogP contribution in [0.4, 0.5) is 0 Å². The van der Waals surface area contributed by atoms with Crippen molar-refractivity contribution >= 4 is 5.91 Å².